The first-order valence-corrected chi connectivity index (χ1v) is 9.15. The van der Waals surface area contributed by atoms with Crippen molar-refractivity contribution in [2.24, 2.45) is 23.2 Å². The normalized spacial score (nSPS) is 34.6. The molecule has 4 saturated carbocycles. The van der Waals surface area contributed by atoms with E-state index >= 15 is 0 Å². The molecule has 0 aromatic heterocycles. The molecular formula is C19H23ClFNO. The summed E-state index contributed by atoms with van der Waals surface area (Å²) in [7, 11) is 0. The summed E-state index contributed by atoms with van der Waals surface area (Å²) in [5.41, 5.74) is 0.404. The van der Waals surface area contributed by atoms with E-state index in [0.29, 0.717) is 12.0 Å². The van der Waals surface area contributed by atoms with Crippen molar-refractivity contribution in [3.63, 3.8) is 0 Å². The fourth-order valence-electron chi connectivity index (χ4n) is 5.84. The molecule has 4 heteroatoms. The summed E-state index contributed by atoms with van der Waals surface area (Å²) in [6.07, 6.45) is 9.29. The number of rotatable bonds is 4. The Morgan fingerprint density at radius 1 is 1.17 bits per heavy atom. The van der Waals surface area contributed by atoms with Gasteiger partial charge in [0.05, 0.1) is 10.6 Å². The number of carbonyl (C=O) groups is 1. The van der Waals surface area contributed by atoms with E-state index in [4.69, 9.17) is 11.6 Å². The van der Waals surface area contributed by atoms with Crippen LogP contribution in [0.4, 0.5) is 4.39 Å². The van der Waals surface area contributed by atoms with E-state index in [-0.39, 0.29) is 10.6 Å². The average Bonchev–Trinajstić information content (AvgIpc) is 2.45. The Kier molecular flexibility index (Phi) is 3.87. The van der Waals surface area contributed by atoms with Gasteiger partial charge in [0.15, 0.2) is 0 Å². The summed E-state index contributed by atoms with van der Waals surface area (Å²) in [4.78, 5) is 12.2. The van der Waals surface area contributed by atoms with E-state index < -0.39 is 11.7 Å². The number of benzene rings is 1. The predicted molar refractivity (Wildman–Crippen MR) is 89.0 cm³/mol. The topological polar surface area (TPSA) is 29.1 Å². The molecule has 0 atom stereocenters. The van der Waals surface area contributed by atoms with E-state index in [1.165, 1.54) is 50.7 Å². The van der Waals surface area contributed by atoms with Gasteiger partial charge in [-0.25, -0.2) is 4.39 Å². The number of hydrogen-bond acceptors (Lipinski definition) is 1. The highest BCUT2D eigenvalue weighted by atomic mass is 35.5. The highest BCUT2D eigenvalue weighted by Crippen LogP contribution is 2.61. The zero-order valence-corrected chi connectivity index (χ0v) is 14.0. The Morgan fingerprint density at radius 2 is 1.78 bits per heavy atom. The number of amides is 1. The van der Waals surface area contributed by atoms with Gasteiger partial charge in [0.2, 0.25) is 0 Å². The molecule has 0 heterocycles. The number of nitrogens with one attached hydrogen (secondary N) is 1. The van der Waals surface area contributed by atoms with Crippen molar-refractivity contribution in [1.82, 2.24) is 5.32 Å². The Balaban J connectivity index is 1.38. The zero-order valence-electron chi connectivity index (χ0n) is 13.3. The van der Waals surface area contributed by atoms with Crippen LogP contribution in [0.5, 0.6) is 0 Å². The minimum absolute atomic E-state index is 0.0281. The van der Waals surface area contributed by atoms with Gasteiger partial charge in [0.1, 0.15) is 5.82 Å². The summed E-state index contributed by atoms with van der Waals surface area (Å²) in [5, 5.41) is 3.07. The van der Waals surface area contributed by atoms with Gasteiger partial charge in [-0.3, -0.25) is 4.79 Å². The molecule has 4 fully saturated rings. The highest BCUT2D eigenvalue weighted by Gasteiger charge is 2.50. The van der Waals surface area contributed by atoms with E-state index in [2.05, 4.69) is 5.32 Å². The van der Waals surface area contributed by atoms with Crippen LogP contribution < -0.4 is 5.32 Å². The van der Waals surface area contributed by atoms with Crippen LogP contribution in [0.3, 0.4) is 0 Å². The zero-order chi connectivity index (χ0) is 16.0. The lowest BCUT2D eigenvalue weighted by Crippen LogP contribution is -2.47. The molecule has 124 valence electrons. The molecule has 1 N–H and O–H groups in total. The summed E-state index contributed by atoms with van der Waals surface area (Å²) in [6.45, 7) is 0.621. The number of halogens is 2. The van der Waals surface area contributed by atoms with Gasteiger partial charge >= 0.3 is 0 Å². The first-order valence-electron chi connectivity index (χ1n) is 8.77. The minimum atomic E-state index is -0.551. The molecule has 0 radical (unpaired) electrons. The number of hydrogen-bond donors (Lipinski definition) is 1. The first kappa shape index (κ1) is 15.4. The van der Waals surface area contributed by atoms with Crippen LogP contribution in [0.2, 0.25) is 5.02 Å². The van der Waals surface area contributed by atoms with E-state index in [9.17, 15) is 9.18 Å². The van der Waals surface area contributed by atoms with Crippen LogP contribution in [0, 0.1) is 29.0 Å². The molecule has 0 unspecified atom stereocenters. The molecule has 4 aliphatic carbocycles. The number of carbonyl (C=O) groups excluding carboxylic acids is 1. The molecule has 0 aliphatic heterocycles. The Labute approximate surface area is 141 Å². The van der Waals surface area contributed by atoms with Crippen molar-refractivity contribution in [2.45, 2.75) is 44.9 Å². The van der Waals surface area contributed by atoms with Gasteiger partial charge in [-0.15, -0.1) is 0 Å². The van der Waals surface area contributed by atoms with Crippen LogP contribution in [-0.4, -0.2) is 12.5 Å². The molecule has 1 amide bonds. The van der Waals surface area contributed by atoms with Gasteiger partial charge in [0.25, 0.3) is 5.91 Å². The predicted octanol–water partition coefficient (Wildman–Crippen LogP) is 4.82. The fraction of sp³-hybridized carbons (Fsp3) is 0.632. The lowest BCUT2D eigenvalue weighted by atomic mass is 9.49. The van der Waals surface area contributed by atoms with Crippen molar-refractivity contribution in [3.8, 4) is 0 Å². The molecule has 1 aromatic rings. The Bertz CT molecular complexity index is 574. The summed E-state index contributed by atoms with van der Waals surface area (Å²) < 4.78 is 13.8. The van der Waals surface area contributed by atoms with Crippen LogP contribution in [0.15, 0.2) is 18.2 Å². The van der Waals surface area contributed by atoms with Gasteiger partial charge in [-0.1, -0.05) is 17.7 Å². The van der Waals surface area contributed by atoms with E-state index in [0.717, 1.165) is 24.2 Å². The van der Waals surface area contributed by atoms with Crippen LogP contribution in [-0.2, 0) is 0 Å². The summed E-state index contributed by atoms with van der Waals surface area (Å²) in [5.74, 6) is 1.80. The molecule has 5 rings (SSSR count). The minimum Gasteiger partial charge on any atom is -0.352 e. The van der Waals surface area contributed by atoms with Crippen molar-refractivity contribution in [2.75, 3.05) is 6.54 Å². The molecule has 1 aromatic carbocycles. The Morgan fingerprint density at radius 3 is 2.35 bits per heavy atom. The second kappa shape index (κ2) is 5.77. The van der Waals surface area contributed by atoms with Crippen LogP contribution in [0.25, 0.3) is 0 Å². The van der Waals surface area contributed by atoms with Gasteiger partial charge in [-0.2, -0.15) is 0 Å². The second-order valence-corrected chi connectivity index (χ2v) is 8.43. The molecule has 4 aliphatic rings. The highest BCUT2D eigenvalue weighted by molar-refractivity contribution is 6.33. The molecular weight excluding hydrogens is 313 g/mol. The van der Waals surface area contributed by atoms with Crippen LogP contribution in [0.1, 0.15) is 55.3 Å². The molecule has 4 bridgehead atoms. The Hall–Kier alpha value is -1.09. The lowest BCUT2D eigenvalue weighted by Gasteiger charge is -2.57. The van der Waals surface area contributed by atoms with E-state index in [1.54, 1.807) is 6.07 Å². The van der Waals surface area contributed by atoms with Crippen molar-refractivity contribution < 1.29 is 9.18 Å². The smallest absolute Gasteiger partial charge is 0.255 e. The lowest BCUT2D eigenvalue weighted by molar-refractivity contribution is -0.0564. The molecule has 23 heavy (non-hydrogen) atoms. The van der Waals surface area contributed by atoms with Gasteiger partial charge in [0, 0.05) is 6.54 Å². The monoisotopic (exact) mass is 335 g/mol. The SMILES string of the molecule is O=C(NCCC12CC3CC(CC(C3)C1)C2)c1c(F)cccc1Cl. The third-order valence-corrected chi connectivity index (χ3v) is 6.61. The van der Waals surface area contributed by atoms with Crippen LogP contribution >= 0.6 is 11.6 Å². The van der Waals surface area contributed by atoms with Gasteiger partial charge in [-0.05, 0) is 80.2 Å². The standard InChI is InChI=1S/C19H23ClFNO/c20-15-2-1-3-16(21)17(15)18(23)22-5-4-19-9-12-6-13(10-19)8-14(7-12)11-19/h1-3,12-14H,4-11H2,(H,22,23). The average molecular weight is 336 g/mol. The second-order valence-electron chi connectivity index (χ2n) is 8.02. The molecule has 0 spiro atoms. The summed E-state index contributed by atoms with van der Waals surface area (Å²) in [6, 6.07) is 4.35. The maximum atomic E-state index is 13.8. The van der Waals surface area contributed by atoms with Crippen molar-refractivity contribution in [1.29, 1.82) is 0 Å². The van der Waals surface area contributed by atoms with E-state index in [1.807, 2.05) is 0 Å². The fourth-order valence-corrected chi connectivity index (χ4v) is 6.09. The van der Waals surface area contributed by atoms with Crippen molar-refractivity contribution >= 4 is 17.5 Å². The maximum Gasteiger partial charge on any atom is 0.255 e. The molecule has 2 nitrogen and oxygen atoms in total. The third-order valence-electron chi connectivity index (χ3n) is 6.30. The molecule has 0 saturated heterocycles. The third kappa shape index (κ3) is 2.88. The van der Waals surface area contributed by atoms with Crippen molar-refractivity contribution in [3.05, 3.63) is 34.6 Å². The first-order chi connectivity index (χ1) is 11.0. The largest absolute Gasteiger partial charge is 0.352 e. The van der Waals surface area contributed by atoms with Gasteiger partial charge < -0.3 is 5.32 Å². The quantitative estimate of drug-likeness (QED) is 0.840. The maximum absolute atomic E-state index is 13.8. The summed E-state index contributed by atoms with van der Waals surface area (Å²) >= 11 is 5.96.